The summed E-state index contributed by atoms with van der Waals surface area (Å²) in [6.07, 6.45) is -2.49. The molecule has 2 aromatic carbocycles. The van der Waals surface area contributed by atoms with E-state index in [9.17, 15) is 10.2 Å². The summed E-state index contributed by atoms with van der Waals surface area (Å²) in [5, 5.41) is 23.8. The monoisotopic (exact) mass is 1020 g/mol. The van der Waals surface area contributed by atoms with Crippen LogP contribution in [0, 0.1) is 80.8 Å². The average Bonchev–Trinajstić information content (AvgIpc) is 2.39. The van der Waals surface area contributed by atoms with E-state index in [2.05, 4.69) is 0 Å². The second-order valence-corrected chi connectivity index (χ2v) is 3.66. The molecular formula is C14H12I4O2Sm2. The topological polar surface area (TPSA) is 46.1 Å². The van der Waals surface area contributed by atoms with E-state index in [0.717, 1.165) is 0 Å². The number of benzene rings is 2. The molecule has 2 aromatic rings. The molecule has 0 heterocycles. The first-order valence-electron chi connectivity index (χ1n) is 5.20. The summed E-state index contributed by atoms with van der Waals surface area (Å²) in [4.78, 5) is 0. The molecule has 2 nitrogen and oxygen atoms in total. The van der Waals surface area contributed by atoms with Gasteiger partial charge in [0.1, 0.15) is 0 Å². The van der Waals surface area contributed by atoms with E-state index in [4.69, 9.17) is 0 Å². The first-order valence-corrected chi connectivity index (χ1v) is 5.20. The molecule has 0 spiro atoms. The van der Waals surface area contributed by atoms with Crippen molar-refractivity contribution in [2.75, 3.05) is 0 Å². The minimum absolute atomic E-state index is 0. The molecule has 0 aliphatic heterocycles. The Labute approximate surface area is 265 Å². The van der Waals surface area contributed by atoms with Crippen LogP contribution in [-0.4, -0.2) is 0 Å². The Hall–Kier alpha value is 3.96. The van der Waals surface area contributed by atoms with Gasteiger partial charge in [-0.2, -0.15) is 0 Å². The predicted molar refractivity (Wildman–Crippen MR) is 58.4 cm³/mol. The zero-order valence-electron chi connectivity index (χ0n) is 11.1. The zero-order valence-corrected chi connectivity index (χ0v) is 24.9. The quantitative estimate of drug-likeness (QED) is 0.288. The Morgan fingerprint density at radius 1 is 0.500 bits per heavy atom. The zero-order chi connectivity index (χ0) is 11.4. The van der Waals surface area contributed by atoms with Gasteiger partial charge in [0.15, 0.2) is 0 Å². The second kappa shape index (κ2) is 21.3. The molecule has 0 aromatic heterocycles. The Balaban J connectivity index is -0.000000161. The molecule has 0 aliphatic carbocycles. The van der Waals surface area contributed by atoms with Crippen LogP contribution in [0.2, 0.25) is 0 Å². The third-order valence-corrected chi connectivity index (χ3v) is 2.53. The fourth-order valence-electron chi connectivity index (χ4n) is 1.64. The molecular weight excluding hydrogens is 1010 g/mol. The van der Waals surface area contributed by atoms with Crippen LogP contribution in [0.5, 0.6) is 0 Å². The third kappa shape index (κ3) is 12.4. The van der Waals surface area contributed by atoms with Gasteiger partial charge in [0, 0.05) is 0 Å². The van der Waals surface area contributed by atoms with Gasteiger partial charge < -0.3 is 106 Å². The molecule has 0 saturated heterocycles. The fourth-order valence-corrected chi connectivity index (χ4v) is 1.64. The van der Waals surface area contributed by atoms with Crippen molar-refractivity contribution in [1.82, 2.24) is 0 Å². The second-order valence-electron chi connectivity index (χ2n) is 3.66. The van der Waals surface area contributed by atoms with Gasteiger partial charge in [0.05, 0.1) is 0 Å². The first kappa shape index (κ1) is 36.8. The Bertz CT molecular complexity index is 406. The molecule has 0 amide bonds. The van der Waals surface area contributed by atoms with E-state index < -0.39 is 12.2 Å². The van der Waals surface area contributed by atoms with Crippen molar-refractivity contribution in [3.05, 3.63) is 71.8 Å². The molecule has 0 bridgehead atoms. The van der Waals surface area contributed by atoms with E-state index >= 15 is 0 Å². The maximum absolute atomic E-state index is 11.9. The van der Waals surface area contributed by atoms with E-state index in [0.29, 0.717) is 11.1 Å². The van der Waals surface area contributed by atoms with Gasteiger partial charge in [-0.1, -0.05) is 71.8 Å². The molecule has 2 rings (SSSR count). The van der Waals surface area contributed by atoms with E-state index in [1.165, 1.54) is 0 Å². The number of rotatable bonds is 3. The van der Waals surface area contributed by atoms with Crippen molar-refractivity contribution in [2.24, 2.45) is 0 Å². The third-order valence-electron chi connectivity index (χ3n) is 2.53. The van der Waals surface area contributed by atoms with Crippen LogP contribution in [0.3, 0.4) is 0 Å². The number of hydrogen-bond donors (Lipinski definition) is 0. The number of hydrogen-bond acceptors (Lipinski definition) is 2. The SMILES string of the molecule is [I-].[I-].[I-].[I-].[O-]C(c1ccccc1)C([O-])c1ccccc1.[Sm+3].[Sm+3]. The smallest absolute Gasteiger partial charge is 1.00 e. The minimum Gasteiger partial charge on any atom is -1.00 e. The van der Waals surface area contributed by atoms with Gasteiger partial charge in [-0.3, -0.25) is 0 Å². The van der Waals surface area contributed by atoms with Crippen LogP contribution in [0.4, 0.5) is 0 Å². The van der Waals surface area contributed by atoms with Crippen molar-refractivity contribution in [2.45, 2.75) is 12.2 Å². The van der Waals surface area contributed by atoms with Crippen LogP contribution in [0.1, 0.15) is 23.3 Å². The molecule has 2 radical (unpaired) electrons. The van der Waals surface area contributed by atoms with Crippen molar-refractivity contribution in [3.8, 4) is 0 Å². The Morgan fingerprint density at radius 3 is 0.955 bits per heavy atom. The minimum atomic E-state index is -1.25. The van der Waals surface area contributed by atoms with Gasteiger partial charge >= 0.3 is 80.8 Å². The van der Waals surface area contributed by atoms with Crippen LogP contribution < -0.4 is 106 Å². The standard InChI is InChI=1S/C14H12O2.4HI.2Sm/c15-13(11-7-3-1-4-8-11)14(16)12-9-5-2-6-10-12;;;;;;/h1-10,13-14H;4*1H;;/q-2;;;;;2*+3/p-4. The van der Waals surface area contributed by atoms with Gasteiger partial charge in [0.2, 0.25) is 0 Å². The maximum Gasteiger partial charge on any atom is 3.00 e. The normalized spacial score (nSPS) is 10.5. The van der Waals surface area contributed by atoms with E-state index in [1.807, 2.05) is 12.1 Å². The van der Waals surface area contributed by atoms with Gasteiger partial charge in [-0.25, -0.2) is 0 Å². The molecule has 0 fully saturated rings. The molecule has 2 unspecified atom stereocenters. The van der Waals surface area contributed by atoms with Crippen molar-refractivity contribution in [1.29, 1.82) is 0 Å². The van der Waals surface area contributed by atoms with Gasteiger partial charge in [-0.15, -0.1) is 12.2 Å². The molecule has 8 heteroatoms. The Kier molecular flexibility index (Phi) is 35.6. The summed E-state index contributed by atoms with van der Waals surface area (Å²) in [7, 11) is 0. The van der Waals surface area contributed by atoms with Crippen molar-refractivity contribution < 1.29 is 187 Å². The van der Waals surface area contributed by atoms with Crippen molar-refractivity contribution >= 4 is 0 Å². The van der Waals surface area contributed by atoms with E-state index in [1.54, 1.807) is 48.5 Å². The summed E-state index contributed by atoms with van der Waals surface area (Å²) in [6.45, 7) is 0. The number of halogens is 4. The van der Waals surface area contributed by atoms with Crippen LogP contribution in [0.15, 0.2) is 60.7 Å². The summed E-state index contributed by atoms with van der Waals surface area (Å²) in [5.74, 6) is 0. The summed E-state index contributed by atoms with van der Waals surface area (Å²) in [5.41, 5.74) is 1.10. The molecule has 22 heavy (non-hydrogen) atoms. The molecule has 0 saturated carbocycles. The largest absolute Gasteiger partial charge is 3.00 e. The summed E-state index contributed by atoms with van der Waals surface area (Å²) < 4.78 is 0. The van der Waals surface area contributed by atoms with Gasteiger partial charge in [0.25, 0.3) is 0 Å². The average molecular weight is 1020 g/mol. The first-order chi connectivity index (χ1) is 7.79. The van der Waals surface area contributed by atoms with Crippen LogP contribution in [-0.2, 0) is 0 Å². The predicted octanol–water partition coefficient (Wildman–Crippen LogP) is -10.8. The van der Waals surface area contributed by atoms with Crippen molar-refractivity contribution in [3.63, 3.8) is 0 Å². The summed E-state index contributed by atoms with van der Waals surface area (Å²) in [6, 6.07) is 17.6. The fraction of sp³-hybridized carbons (Fsp3) is 0.143. The molecule has 0 N–H and O–H groups in total. The molecule has 2 atom stereocenters. The van der Waals surface area contributed by atoms with Crippen LogP contribution >= 0.6 is 0 Å². The summed E-state index contributed by atoms with van der Waals surface area (Å²) >= 11 is 0. The van der Waals surface area contributed by atoms with E-state index in [-0.39, 0.29) is 177 Å². The maximum atomic E-state index is 11.9. The molecule has 120 valence electrons. The molecule has 0 aliphatic rings. The Morgan fingerprint density at radius 2 is 0.727 bits per heavy atom. The van der Waals surface area contributed by atoms with Crippen LogP contribution in [0.25, 0.3) is 0 Å². The van der Waals surface area contributed by atoms with Gasteiger partial charge in [-0.05, 0) is 0 Å².